The maximum Gasteiger partial charge on any atom is 0.150 e. The molecule has 0 spiro atoms. The third-order valence-corrected chi connectivity index (χ3v) is 4.25. The Morgan fingerprint density at radius 3 is 1.84 bits per heavy atom. The van der Waals surface area contributed by atoms with Crippen LogP contribution < -0.4 is 0 Å². The van der Waals surface area contributed by atoms with Crippen LogP contribution in [0.2, 0.25) is 0 Å². The van der Waals surface area contributed by atoms with Gasteiger partial charge >= 0.3 is 0 Å². The van der Waals surface area contributed by atoms with Gasteiger partial charge in [-0.05, 0) is 17.7 Å². The predicted octanol–water partition coefficient (Wildman–Crippen LogP) is 5.39. The second-order valence-corrected chi connectivity index (χ2v) is 5.75. The Morgan fingerprint density at radius 2 is 1.24 bits per heavy atom. The molecular weight excluding hydrogens is 312 g/mol. The molecule has 0 saturated carbocycles. The molecule has 0 radical (unpaired) electrons. The van der Waals surface area contributed by atoms with Crippen molar-refractivity contribution in [1.82, 2.24) is 0 Å². The fraction of sp³-hybridized carbons (Fsp3) is 0. The lowest BCUT2D eigenvalue weighted by Gasteiger charge is -2.04. The van der Waals surface area contributed by atoms with E-state index in [4.69, 9.17) is 4.42 Å². The van der Waals surface area contributed by atoms with Gasteiger partial charge in [-0.15, -0.1) is 0 Å². The predicted molar refractivity (Wildman–Crippen MR) is 97.9 cm³/mol. The van der Waals surface area contributed by atoms with Crippen LogP contribution in [0.1, 0.15) is 20.7 Å². The van der Waals surface area contributed by atoms with E-state index < -0.39 is 0 Å². The Labute approximate surface area is 144 Å². The second kappa shape index (κ2) is 6.21. The molecule has 4 aromatic rings. The highest BCUT2D eigenvalue weighted by molar-refractivity contribution is 6.06. The van der Waals surface area contributed by atoms with Gasteiger partial charge in [0.1, 0.15) is 11.3 Å². The standard InChI is InChI=1S/C22H14O3/c23-13-17-11-19-20(12-18(17)14-24)25-22(16-9-5-2-6-10-16)21(19)15-7-3-1-4-8-15/h1-14H. The summed E-state index contributed by atoms with van der Waals surface area (Å²) < 4.78 is 6.11. The molecule has 0 aliphatic rings. The number of furan rings is 1. The summed E-state index contributed by atoms with van der Waals surface area (Å²) in [5.74, 6) is 0.724. The molecule has 4 rings (SSSR count). The number of fused-ring (bicyclic) bond motifs is 1. The molecule has 0 aliphatic carbocycles. The number of rotatable bonds is 4. The minimum absolute atomic E-state index is 0.329. The van der Waals surface area contributed by atoms with E-state index in [1.54, 1.807) is 12.1 Å². The number of carbonyl (C=O) groups excluding carboxylic acids is 2. The first-order valence-electron chi connectivity index (χ1n) is 7.93. The monoisotopic (exact) mass is 326 g/mol. The summed E-state index contributed by atoms with van der Waals surface area (Å²) in [4.78, 5) is 22.6. The molecule has 0 aliphatic heterocycles. The van der Waals surface area contributed by atoms with Crippen molar-refractivity contribution in [2.24, 2.45) is 0 Å². The number of hydrogen-bond acceptors (Lipinski definition) is 3. The van der Waals surface area contributed by atoms with Gasteiger partial charge in [-0.2, -0.15) is 0 Å². The third-order valence-electron chi connectivity index (χ3n) is 4.25. The molecule has 0 saturated heterocycles. The van der Waals surface area contributed by atoms with Gasteiger partial charge in [0.15, 0.2) is 12.6 Å². The van der Waals surface area contributed by atoms with Crippen molar-refractivity contribution in [1.29, 1.82) is 0 Å². The summed E-state index contributed by atoms with van der Waals surface area (Å²) in [6.45, 7) is 0. The molecule has 0 fully saturated rings. The molecular formula is C22H14O3. The summed E-state index contributed by atoms with van der Waals surface area (Å²) in [7, 11) is 0. The number of hydrogen-bond donors (Lipinski definition) is 0. The highest BCUT2D eigenvalue weighted by atomic mass is 16.3. The summed E-state index contributed by atoms with van der Waals surface area (Å²) in [5.41, 5.74) is 4.14. The molecule has 0 bridgehead atoms. The summed E-state index contributed by atoms with van der Waals surface area (Å²) in [6, 6.07) is 23.0. The first-order valence-corrected chi connectivity index (χ1v) is 7.93. The summed E-state index contributed by atoms with van der Waals surface area (Å²) in [6.07, 6.45) is 1.38. The van der Waals surface area contributed by atoms with Gasteiger partial charge in [0.25, 0.3) is 0 Å². The van der Waals surface area contributed by atoms with Crippen LogP contribution in [-0.4, -0.2) is 12.6 Å². The molecule has 25 heavy (non-hydrogen) atoms. The fourth-order valence-corrected chi connectivity index (χ4v) is 3.06. The van der Waals surface area contributed by atoms with Gasteiger partial charge in [-0.25, -0.2) is 0 Å². The van der Waals surface area contributed by atoms with Crippen molar-refractivity contribution >= 4 is 23.5 Å². The van der Waals surface area contributed by atoms with E-state index in [9.17, 15) is 9.59 Å². The molecule has 3 nitrogen and oxygen atoms in total. The lowest BCUT2D eigenvalue weighted by molar-refractivity contribution is 0.109. The Morgan fingerprint density at radius 1 is 0.680 bits per heavy atom. The Kier molecular flexibility index (Phi) is 3.75. The number of carbonyl (C=O) groups is 2. The topological polar surface area (TPSA) is 47.3 Å². The van der Waals surface area contributed by atoms with Crippen LogP contribution in [-0.2, 0) is 0 Å². The van der Waals surface area contributed by atoms with Gasteiger partial charge in [0.05, 0.1) is 0 Å². The molecule has 0 atom stereocenters. The maximum absolute atomic E-state index is 11.4. The average Bonchev–Trinajstić information content (AvgIpc) is 3.06. The van der Waals surface area contributed by atoms with Crippen LogP contribution in [0.4, 0.5) is 0 Å². The molecule has 1 heterocycles. The van der Waals surface area contributed by atoms with E-state index in [0.29, 0.717) is 29.3 Å². The van der Waals surface area contributed by atoms with E-state index in [2.05, 4.69) is 0 Å². The van der Waals surface area contributed by atoms with Crippen LogP contribution in [0.3, 0.4) is 0 Å². The number of aldehydes is 2. The Bertz CT molecular complexity index is 1060. The maximum atomic E-state index is 11.4. The van der Waals surface area contributed by atoms with Crippen LogP contribution in [0, 0.1) is 0 Å². The summed E-state index contributed by atoms with van der Waals surface area (Å²) >= 11 is 0. The molecule has 0 unspecified atom stereocenters. The zero-order valence-electron chi connectivity index (χ0n) is 13.3. The van der Waals surface area contributed by atoms with Crippen molar-refractivity contribution in [3.63, 3.8) is 0 Å². The third kappa shape index (κ3) is 2.56. The van der Waals surface area contributed by atoms with Crippen molar-refractivity contribution in [2.75, 3.05) is 0 Å². The molecule has 3 aromatic carbocycles. The van der Waals surface area contributed by atoms with E-state index in [-0.39, 0.29) is 0 Å². The van der Waals surface area contributed by atoms with Crippen molar-refractivity contribution in [2.45, 2.75) is 0 Å². The quantitative estimate of drug-likeness (QED) is 0.472. The van der Waals surface area contributed by atoms with Crippen LogP contribution >= 0.6 is 0 Å². The minimum Gasteiger partial charge on any atom is -0.455 e. The lowest BCUT2D eigenvalue weighted by atomic mass is 9.97. The number of benzene rings is 3. The first kappa shape index (κ1) is 15.1. The van der Waals surface area contributed by atoms with E-state index in [1.807, 2.05) is 60.7 Å². The van der Waals surface area contributed by atoms with E-state index in [0.717, 1.165) is 27.8 Å². The van der Waals surface area contributed by atoms with Gasteiger partial charge < -0.3 is 4.42 Å². The fourth-order valence-electron chi connectivity index (χ4n) is 3.06. The molecule has 0 amide bonds. The molecule has 3 heteroatoms. The molecule has 0 N–H and O–H groups in total. The smallest absolute Gasteiger partial charge is 0.150 e. The first-order chi connectivity index (χ1) is 12.3. The summed E-state index contributed by atoms with van der Waals surface area (Å²) in [5, 5.41) is 0.817. The molecule has 120 valence electrons. The van der Waals surface area contributed by atoms with Crippen LogP contribution in [0.5, 0.6) is 0 Å². The zero-order chi connectivity index (χ0) is 17.2. The Balaban J connectivity index is 2.10. The molecule has 1 aromatic heterocycles. The van der Waals surface area contributed by atoms with Gasteiger partial charge in [-0.1, -0.05) is 60.7 Å². The highest BCUT2D eigenvalue weighted by Gasteiger charge is 2.19. The Hall–Kier alpha value is -3.46. The van der Waals surface area contributed by atoms with Crippen molar-refractivity contribution < 1.29 is 14.0 Å². The van der Waals surface area contributed by atoms with Crippen LogP contribution in [0.25, 0.3) is 33.4 Å². The normalized spacial score (nSPS) is 10.7. The van der Waals surface area contributed by atoms with Gasteiger partial charge in [0, 0.05) is 27.6 Å². The average molecular weight is 326 g/mol. The second-order valence-electron chi connectivity index (χ2n) is 5.75. The van der Waals surface area contributed by atoms with Gasteiger partial charge in [0.2, 0.25) is 0 Å². The highest BCUT2D eigenvalue weighted by Crippen LogP contribution is 2.41. The van der Waals surface area contributed by atoms with E-state index in [1.165, 1.54) is 0 Å². The lowest BCUT2D eigenvalue weighted by Crippen LogP contribution is -1.90. The van der Waals surface area contributed by atoms with Crippen molar-refractivity contribution in [3.8, 4) is 22.5 Å². The van der Waals surface area contributed by atoms with Crippen LogP contribution in [0.15, 0.2) is 77.2 Å². The van der Waals surface area contributed by atoms with Crippen molar-refractivity contribution in [3.05, 3.63) is 83.9 Å². The largest absolute Gasteiger partial charge is 0.455 e. The SMILES string of the molecule is O=Cc1cc2oc(-c3ccccc3)c(-c3ccccc3)c2cc1C=O. The zero-order valence-corrected chi connectivity index (χ0v) is 13.3. The van der Waals surface area contributed by atoms with Gasteiger partial charge in [-0.3, -0.25) is 9.59 Å². The minimum atomic E-state index is 0.329. The van der Waals surface area contributed by atoms with E-state index >= 15 is 0 Å².